The van der Waals surface area contributed by atoms with Crippen LogP contribution in [-0.2, 0) is 11.2 Å². The molecule has 1 aromatic rings. The molecule has 5 heteroatoms. The Labute approximate surface area is 115 Å². The van der Waals surface area contributed by atoms with Crippen LogP contribution < -0.4 is 11.1 Å². The summed E-state index contributed by atoms with van der Waals surface area (Å²) in [4.78, 5) is 11.9. The van der Waals surface area contributed by atoms with E-state index in [1.807, 2.05) is 19.9 Å². The third-order valence-corrected chi connectivity index (χ3v) is 3.16. The largest absolute Gasteiger partial charge is 0.320 e. The lowest BCUT2D eigenvalue weighted by atomic mass is 9.91. The Morgan fingerprint density at radius 2 is 2.16 bits per heavy atom. The molecule has 19 heavy (non-hydrogen) atoms. The summed E-state index contributed by atoms with van der Waals surface area (Å²) >= 11 is 0. The fourth-order valence-corrected chi connectivity index (χ4v) is 1.81. The summed E-state index contributed by atoms with van der Waals surface area (Å²) in [5, 5.41) is 9.80. The van der Waals surface area contributed by atoms with Crippen LogP contribution in [0.5, 0.6) is 0 Å². The standard InChI is InChI=1S/C14H26N4O/c1-6-9(2)12(15)13(19)16-11-7-10(17-18-11)8-14(3,4)5/h7,9,12H,6,8,15H2,1-5H3,(H2,16,17,18,19). The number of aromatic amines is 1. The first-order valence-corrected chi connectivity index (χ1v) is 6.83. The summed E-state index contributed by atoms with van der Waals surface area (Å²) in [5.41, 5.74) is 7.07. The molecule has 0 saturated heterocycles. The molecule has 108 valence electrons. The number of rotatable bonds is 5. The molecule has 1 heterocycles. The number of amides is 1. The van der Waals surface area contributed by atoms with E-state index in [-0.39, 0.29) is 17.2 Å². The molecule has 2 unspecified atom stereocenters. The highest BCUT2D eigenvalue weighted by Gasteiger charge is 2.20. The molecule has 0 radical (unpaired) electrons. The van der Waals surface area contributed by atoms with E-state index in [4.69, 9.17) is 5.73 Å². The average Bonchev–Trinajstić information content (AvgIpc) is 2.71. The normalized spacial score (nSPS) is 15.1. The summed E-state index contributed by atoms with van der Waals surface area (Å²) in [5.74, 6) is 0.527. The molecule has 1 amide bonds. The number of nitrogens with two attached hydrogens (primary N) is 1. The van der Waals surface area contributed by atoms with Gasteiger partial charge in [-0.25, -0.2) is 0 Å². The van der Waals surface area contributed by atoms with Gasteiger partial charge in [0.15, 0.2) is 5.82 Å². The van der Waals surface area contributed by atoms with Gasteiger partial charge in [0.05, 0.1) is 6.04 Å². The van der Waals surface area contributed by atoms with Gasteiger partial charge in [0, 0.05) is 11.8 Å². The van der Waals surface area contributed by atoms with Crippen molar-refractivity contribution < 1.29 is 4.79 Å². The second kappa shape index (κ2) is 6.19. The molecule has 4 N–H and O–H groups in total. The maximum Gasteiger partial charge on any atom is 0.242 e. The monoisotopic (exact) mass is 266 g/mol. The van der Waals surface area contributed by atoms with Crippen LogP contribution in [0.2, 0.25) is 0 Å². The summed E-state index contributed by atoms with van der Waals surface area (Å²) in [6.07, 6.45) is 1.76. The number of carbonyl (C=O) groups is 1. The van der Waals surface area contributed by atoms with E-state index in [1.165, 1.54) is 0 Å². The third-order valence-electron chi connectivity index (χ3n) is 3.16. The molecule has 0 spiro atoms. The van der Waals surface area contributed by atoms with E-state index in [2.05, 4.69) is 36.3 Å². The zero-order valence-electron chi connectivity index (χ0n) is 12.6. The van der Waals surface area contributed by atoms with Crippen molar-refractivity contribution in [2.45, 2.75) is 53.5 Å². The van der Waals surface area contributed by atoms with Crippen molar-refractivity contribution >= 4 is 11.7 Å². The second-order valence-electron chi connectivity index (χ2n) is 6.42. The van der Waals surface area contributed by atoms with Gasteiger partial charge in [-0.1, -0.05) is 41.0 Å². The molecular formula is C14H26N4O. The van der Waals surface area contributed by atoms with Crippen LogP contribution in [0.15, 0.2) is 6.07 Å². The lowest BCUT2D eigenvalue weighted by Crippen LogP contribution is -2.40. The first-order valence-electron chi connectivity index (χ1n) is 6.83. The van der Waals surface area contributed by atoms with E-state index in [1.54, 1.807) is 0 Å². The minimum Gasteiger partial charge on any atom is -0.320 e. The van der Waals surface area contributed by atoms with Gasteiger partial charge in [-0.15, -0.1) is 0 Å². The molecule has 0 aliphatic carbocycles. The zero-order valence-corrected chi connectivity index (χ0v) is 12.6. The van der Waals surface area contributed by atoms with Gasteiger partial charge in [0.2, 0.25) is 5.91 Å². The number of H-pyrrole nitrogens is 1. The fourth-order valence-electron chi connectivity index (χ4n) is 1.81. The fraction of sp³-hybridized carbons (Fsp3) is 0.714. The average molecular weight is 266 g/mol. The second-order valence-corrected chi connectivity index (χ2v) is 6.42. The maximum absolute atomic E-state index is 11.9. The van der Waals surface area contributed by atoms with Gasteiger partial charge in [-0.3, -0.25) is 9.89 Å². The Hall–Kier alpha value is -1.36. The molecule has 0 aliphatic rings. The highest BCUT2D eigenvalue weighted by atomic mass is 16.2. The zero-order chi connectivity index (χ0) is 14.6. The minimum atomic E-state index is -0.493. The molecule has 1 rings (SSSR count). The predicted octanol–water partition coefficient (Wildman–Crippen LogP) is 2.31. The lowest BCUT2D eigenvalue weighted by molar-refractivity contribution is -0.118. The van der Waals surface area contributed by atoms with Crippen molar-refractivity contribution in [3.8, 4) is 0 Å². The first-order chi connectivity index (χ1) is 8.73. The Morgan fingerprint density at radius 3 is 2.68 bits per heavy atom. The van der Waals surface area contributed by atoms with Crippen LogP contribution in [-0.4, -0.2) is 22.1 Å². The maximum atomic E-state index is 11.9. The number of anilines is 1. The van der Waals surface area contributed by atoms with E-state index in [0.717, 1.165) is 18.5 Å². The number of hydrogen-bond donors (Lipinski definition) is 3. The molecule has 5 nitrogen and oxygen atoms in total. The van der Waals surface area contributed by atoms with Crippen molar-refractivity contribution in [1.29, 1.82) is 0 Å². The Morgan fingerprint density at radius 1 is 1.53 bits per heavy atom. The van der Waals surface area contributed by atoms with E-state index in [0.29, 0.717) is 5.82 Å². The third kappa shape index (κ3) is 5.03. The van der Waals surface area contributed by atoms with Gasteiger partial charge < -0.3 is 11.1 Å². The molecule has 0 bridgehead atoms. The van der Waals surface area contributed by atoms with Crippen molar-refractivity contribution in [2.24, 2.45) is 17.1 Å². The van der Waals surface area contributed by atoms with Gasteiger partial charge in [0.1, 0.15) is 0 Å². The summed E-state index contributed by atoms with van der Waals surface area (Å²) in [6, 6.07) is 1.37. The predicted molar refractivity (Wildman–Crippen MR) is 77.8 cm³/mol. The van der Waals surface area contributed by atoms with E-state index >= 15 is 0 Å². The SMILES string of the molecule is CCC(C)C(N)C(=O)Nc1cc(CC(C)(C)C)[nH]n1. The molecule has 0 fully saturated rings. The van der Waals surface area contributed by atoms with Crippen LogP contribution in [0.25, 0.3) is 0 Å². The highest BCUT2D eigenvalue weighted by Crippen LogP contribution is 2.20. The van der Waals surface area contributed by atoms with Gasteiger partial charge >= 0.3 is 0 Å². The smallest absolute Gasteiger partial charge is 0.242 e. The number of aromatic nitrogens is 2. The molecule has 0 aromatic carbocycles. The van der Waals surface area contributed by atoms with Crippen molar-refractivity contribution in [3.05, 3.63) is 11.8 Å². The van der Waals surface area contributed by atoms with Gasteiger partial charge in [-0.05, 0) is 17.8 Å². The topological polar surface area (TPSA) is 83.8 Å². The Kier molecular flexibility index (Phi) is 5.11. The molecule has 0 saturated carbocycles. The van der Waals surface area contributed by atoms with E-state index < -0.39 is 6.04 Å². The number of nitrogens with zero attached hydrogens (tertiary/aromatic N) is 1. The van der Waals surface area contributed by atoms with Crippen LogP contribution in [0.3, 0.4) is 0 Å². The van der Waals surface area contributed by atoms with E-state index in [9.17, 15) is 4.79 Å². The van der Waals surface area contributed by atoms with Crippen molar-refractivity contribution in [3.63, 3.8) is 0 Å². The van der Waals surface area contributed by atoms with Crippen LogP contribution in [0.4, 0.5) is 5.82 Å². The molecule has 1 aromatic heterocycles. The molecule has 2 atom stereocenters. The molecular weight excluding hydrogens is 240 g/mol. The highest BCUT2D eigenvalue weighted by molar-refractivity contribution is 5.94. The quantitative estimate of drug-likeness (QED) is 0.764. The van der Waals surface area contributed by atoms with Gasteiger partial charge in [0.25, 0.3) is 0 Å². The summed E-state index contributed by atoms with van der Waals surface area (Å²) in [7, 11) is 0. The first kappa shape index (κ1) is 15.7. The van der Waals surface area contributed by atoms with Gasteiger partial charge in [-0.2, -0.15) is 5.10 Å². The molecule has 0 aliphatic heterocycles. The number of hydrogen-bond acceptors (Lipinski definition) is 3. The summed E-state index contributed by atoms with van der Waals surface area (Å²) in [6.45, 7) is 10.5. The number of carbonyl (C=O) groups excluding carboxylic acids is 1. The van der Waals surface area contributed by atoms with Crippen molar-refractivity contribution in [2.75, 3.05) is 5.32 Å². The number of nitrogens with one attached hydrogen (secondary N) is 2. The van der Waals surface area contributed by atoms with Crippen LogP contribution in [0, 0.1) is 11.3 Å². The Bertz CT molecular complexity index is 419. The van der Waals surface area contributed by atoms with Crippen LogP contribution in [0.1, 0.15) is 46.7 Å². The minimum absolute atomic E-state index is 0.160. The van der Waals surface area contributed by atoms with Crippen LogP contribution >= 0.6 is 0 Å². The lowest BCUT2D eigenvalue weighted by Gasteiger charge is -2.16. The van der Waals surface area contributed by atoms with Crippen molar-refractivity contribution in [1.82, 2.24) is 10.2 Å². The summed E-state index contributed by atoms with van der Waals surface area (Å²) < 4.78 is 0. The Balaban J connectivity index is 2.61.